The minimum absolute atomic E-state index is 0. The number of rotatable bonds is 9. The number of amides is 1. The molecule has 0 bridgehead atoms. The molecule has 28 heavy (non-hydrogen) atoms. The maximum atomic E-state index is 11.9. The molecule has 0 fully saturated rings. The highest BCUT2D eigenvalue weighted by molar-refractivity contribution is 14.0. The first-order chi connectivity index (χ1) is 13.2. The van der Waals surface area contributed by atoms with E-state index in [1.807, 2.05) is 54.6 Å². The number of hydrogen-bond donors (Lipinski definition) is 3. The predicted octanol–water partition coefficient (Wildman–Crippen LogP) is 2.73. The second-order valence-electron chi connectivity index (χ2n) is 6.04. The van der Waals surface area contributed by atoms with Crippen molar-refractivity contribution >= 4 is 35.8 Å². The molecule has 7 heteroatoms. The lowest BCUT2D eigenvalue weighted by molar-refractivity contribution is -0.121. The molecule has 3 N–H and O–H groups in total. The van der Waals surface area contributed by atoms with Gasteiger partial charge in [-0.1, -0.05) is 42.5 Å². The highest BCUT2D eigenvalue weighted by Crippen LogP contribution is 2.11. The molecule has 0 atom stereocenters. The molecule has 0 aliphatic rings. The number of benzene rings is 2. The first-order valence-electron chi connectivity index (χ1n) is 9.09. The number of nitrogens with one attached hydrogen (secondary N) is 3. The van der Waals surface area contributed by atoms with Crippen LogP contribution in [0.1, 0.15) is 17.5 Å². The van der Waals surface area contributed by atoms with E-state index in [0.29, 0.717) is 25.5 Å². The molecule has 2 aromatic carbocycles. The zero-order valence-corrected chi connectivity index (χ0v) is 18.7. The van der Waals surface area contributed by atoms with Crippen LogP contribution in [-0.4, -0.2) is 39.1 Å². The number of aliphatic imine (C=N–C) groups is 1. The second kappa shape index (κ2) is 13.8. The summed E-state index contributed by atoms with van der Waals surface area (Å²) in [4.78, 5) is 16.1. The van der Waals surface area contributed by atoms with Crippen molar-refractivity contribution in [3.8, 4) is 5.75 Å². The number of ether oxygens (including phenoxy) is 1. The van der Waals surface area contributed by atoms with Crippen LogP contribution in [-0.2, 0) is 17.8 Å². The van der Waals surface area contributed by atoms with Crippen LogP contribution < -0.4 is 20.7 Å². The summed E-state index contributed by atoms with van der Waals surface area (Å²) in [6, 6.07) is 17.9. The van der Waals surface area contributed by atoms with Crippen LogP contribution in [0.25, 0.3) is 0 Å². The third kappa shape index (κ3) is 9.07. The smallest absolute Gasteiger partial charge is 0.222 e. The van der Waals surface area contributed by atoms with Crippen molar-refractivity contribution in [2.75, 3.05) is 27.2 Å². The van der Waals surface area contributed by atoms with E-state index < -0.39 is 0 Å². The minimum Gasteiger partial charge on any atom is -0.497 e. The topological polar surface area (TPSA) is 74.8 Å². The van der Waals surface area contributed by atoms with Gasteiger partial charge in [-0.3, -0.25) is 9.79 Å². The van der Waals surface area contributed by atoms with Gasteiger partial charge in [-0.25, -0.2) is 0 Å². The van der Waals surface area contributed by atoms with Gasteiger partial charge >= 0.3 is 0 Å². The van der Waals surface area contributed by atoms with Gasteiger partial charge in [0.15, 0.2) is 5.96 Å². The lowest BCUT2D eigenvalue weighted by atomic mass is 10.1. The molecule has 0 radical (unpaired) electrons. The van der Waals surface area contributed by atoms with Crippen molar-refractivity contribution in [1.82, 2.24) is 16.0 Å². The van der Waals surface area contributed by atoms with Gasteiger partial charge in [-0.15, -0.1) is 24.0 Å². The summed E-state index contributed by atoms with van der Waals surface area (Å²) in [5.74, 6) is 1.56. The number of halogens is 1. The quantitative estimate of drug-likeness (QED) is 0.284. The highest BCUT2D eigenvalue weighted by atomic mass is 127. The van der Waals surface area contributed by atoms with E-state index in [9.17, 15) is 4.79 Å². The van der Waals surface area contributed by atoms with Gasteiger partial charge in [0.1, 0.15) is 5.75 Å². The highest BCUT2D eigenvalue weighted by Gasteiger charge is 2.03. The maximum absolute atomic E-state index is 11.9. The van der Waals surface area contributed by atoms with Crippen molar-refractivity contribution in [2.45, 2.75) is 19.4 Å². The maximum Gasteiger partial charge on any atom is 0.222 e. The first kappa shape index (κ1) is 23.7. The lowest BCUT2D eigenvalue weighted by Crippen LogP contribution is -2.40. The van der Waals surface area contributed by atoms with E-state index >= 15 is 0 Å². The molecule has 0 aromatic heterocycles. The van der Waals surface area contributed by atoms with Crippen LogP contribution in [0.4, 0.5) is 0 Å². The molecular weight excluding hydrogens is 467 g/mol. The van der Waals surface area contributed by atoms with E-state index in [1.165, 1.54) is 5.56 Å². The zero-order chi connectivity index (χ0) is 19.3. The van der Waals surface area contributed by atoms with Gasteiger partial charge < -0.3 is 20.7 Å². The summed E-state index contributed by atoms with van der Waals surface area (Å²) in [6.45, 7) is 1.84. The Morgan fingerprint density at radius 2 is 1.61 bits per heavy atom. The molecular formula is C21H29IN4O2. The number of carbonyl (C=O) groups excluding carboxylic acids is 1. The average molecular weight is 496 g/mol. The molecule has 1 amide bonds. The molecule has 0 aliphatic carbocycles. The van der Waals surface area contributed by atoms with Gasteiger partial charge in [0.05, 0.1) is 7.11 Å². The zero-order valence-electron chi connectivity index (χ0n) is 16.4. The number of hydrogen-bond acceptors (Lipinski definition) is 3. The Labute approximate surface area is 184 Å². The Hall–Kier alpha value is -2.29. The summed E-state index contributed by atoms with van der Waals surface area (Å²) in [7, 11) is 3.38. The Morgan fingerprint density at radius 1 is 0.929 bits per heavy atom. The number of guanidine groups is 1. The summed E-state index contributed by atoms with van der Waals surface area (Å²) >= 11 is 0. The molecule has 0 saturated heterocycles. The summed E-state index contributed by atoms with van der Waals surface area (Å²) in [5, 5.41) is 9.33. The molecule has 0 saturated carbocycles. The monoisotopic (exact) mass is 496 g/mol. The first-order valence-corrected chi connectivity index (χ1v) is 9.09. The van der Waals surface area contributed by atoms with Crippen LogP contribution in [0.5, 0.6) is 5.75 Å². The van der Waals surface area contributed by atoms with Gasteiger partial charge in [0.25, 0.3) is 0 Å². The predicted molar refractivity (Wildman–Crippen MR) is 124 cm³/mol. The molecule has 0 unspecified atom stereocenters. The lowest BCUT2D eigenvalue weighted by Gasteiger charge is -2.12. The fourth-order valence-electron chi connectivity index (χ4n) is 2.52. The molecule has 2 rings (SSSR count). The fourth-order valence-corrected chi connectivity index (χ4v) is 2.52. The van der Waals surface area contributed by atoms with E-state index in [0.717, 1.165) is 24.3 Å². The van der Waals surface area contributed by atoms with Crippen molar-refractivity contribution in [3.05, 3.63) is 65.7 Å². The van der Waals surface area contributed by atoms with Gasteiger partial charge in [-0.2, -0.15) is 0 Å². The van der Waals surface area contributed by atoms with Crippen LogP contribution in [0.2, 0.25) is 0 Å². The normalized spacial score (nSPS) is 10.6. The van der Waals surface area contributed by atoms with Gasteiger partial charge in [0, 0.05) is 33.1 Å². The molecule has 6 nitrogen and oxygen atoms in total. The Balaban J connectivity index is 0.00000392. The Bertz CT molecular complexity index is 721. The third-order valence-electron chi connectivity index (χ3n) is 4.07. The van der Waals surface area contributed by atoms with E-state index in [-0.39, 0.29) is 29.9 Å². The molecule has 2 aromatic rings. The Kier molecular flexibility index (Phi) is 11.7. The molecule has 152 valence electrons. The molecule has 0 spiro atoms. The SMILES string of the molecule is CN=C(NCCC(=O)NCc1ccccc1)NCCc1ccc(OC)cc1.I. The van der Waals surface area contributed by atoms with E-state index in [4.69, 9.17) is 4.74 Å². The van der Waals surface area contributed by atoms with Crippen molar-refractivity contribution in [1.29, 1.82) is 0 Å². The van der Waals surface area contributed by atoms with E-state index in [2.05, 4.69) is 20.9 Å². The number of nitrogens with zero attached hydrogens (tertiary/aromatic N) is 1. The minimum atomic E-state index is 0. The molecule has 0 heterocycles. The van der Waals surface area contributed by atoms with Crippen molar-refractivity contribution in [2.24, 2.45) is 4.99 Å². The summed E-state index contributed by atoms with van der Waals surface area (Å²) < 4.78 is 5.16. The third-order valence-corrected chi connectivity index (χ3v) is 4.07. The van der Waals surface area contributed by atoms with Gasteiger partial charge in [-0.05, 0) is 29.7 Å². The van der Waals surface area contributed by atoms with Crippen molar-refractivity contribution in [3.63, 3.8) is 0 Å². The largest absolute Gasteiger partial charge is 0.497 e. The number of methoxy groups -OCH3 is 1. The Morgan fingerprint density at radius 3 is 2.25 bits per heavy atom. The average Bonchev–Trinajstić information content (AvgIpc) is 2.72. The summed E-state index contributed by atoms with van der Waals surface area (Å²) in [5.41, 5.74) is 2.31. The van der Waals surface area contributed by atoms with Crippen LogP contribution in [0, 0.1) is 0 Å². The van der Waals surface area contributed by atoms with Crippen LogP contribution in [0.15, 0.2) is 59.6 Å². The van der Waals surface area contributed by atoms with Crippen molar-refractivity contribution < 1.29 is 9.53 Å². The molecule has 0 aliphatic heterocycles. The summed E-state index contributed by atoms with van der Waals surface area (Å²) in [6.07, 6.45) is 1.27. The standard InChI is InChI=1S/C21H28N4O2.HI/c1-22-21(23-14-12-17-8-10-19(27-2)11-9-17)24-15-13-20(26)25-16-18-6-4-3-5-7-18;/h3-11H,12-16H2,1-2H3,(H,25,26)(H2,22,23,24);1H. The second-order valence-corrected chi connectivity index (χ2v) is 6.04. The van der Waals surface area contributed by atoms with E-state index in [1.54, 1.807) is 14.2 Å². The fraction of sp³-hybridized carbons (Fsp3) is 0.333. The number of carbonyl (C=O) groups is 1. The van der Waals surface area contributed by atoms with Gasteiger partial charge in [0.2, 0.25) is 5.91 Å². The van der Waals surface area contributed by atoms with Crippen LogP contribution in [0.3, 0.4) is 0 Å². The van der Waals surface area contributed by atoms with Crippen LogP contribution >= 0.6 is 24.0 Å².